The van der Waals surface area contributed by atoms with Crippen LogP contribution in [0.3, 0.4) is 0 Å². The van der Waals surface area contributed by atoms with Crippen molar-refractivity contribution in [2.75, 3.05) is 18.5 Å². The van der Waals surface area contributed by atoms with Crippen molar-refractivity contribution in [3.63, 3.8) is 0 Å². The standard InChI is InChI=1S/C16H24N2O2/c1-3-7-17-10-13-5-4-6-15(9-13)18-16(19)14-8-12(2)20-11-14/h4-6,9,12,14,17H,3,7-8,10-11H2,1-2H3,(H,18,19). The second-order valence-electron chi connectivity index (χ2n) is 5.44. The molecule has 1 aromatic rings. The molecule has 2 unspecified atom stereocenters. The van der Waals surface area contributed by atoms with Gasteiger partial charge in [-0.1, -0.05) is 19.1 Å². The third kappa shape index (κ3) is 4.32. The summed E-state index contributed by atoms with van der Waals surface area (Å²) in [6, 6.07) is 8.01. The lowest BCUT2D eigenvalue weighted by Crippen LogP contribution is -2.23. The molecule has 0 saturated carbocycles. The van der Waals surface area contributed by atoms with Crippen LogP contribution in [0, 0.1) is 5.92 Å². The van der Waals surface area contributed by atoms with E-state index in [1.165, 1.54) is 5.56 Å². The smallest absolute Gasteiger partial charge is 0.229 e. The van der Waals surface area contributed by atoms with Crippen molar-refractivity contribution in [1.29, 1.82) is 0 Å². The highest BCUT2D eigenvalue weighted by Crippen LogP contribution is 2.21. The highest BCUT2D eigenvalue weighted by Gasteiger charge is 2.28. The summed E-state index contributed by atoms with van der Waals surface area (Å²) in [4.78, 5) is 12.1. The minimum Gasteiger partial charge on any atom is -0.378 e. The molecule has 110 valence electrons. The fourth-order valence-electron chi connectivity index (χ4n) is 2.41. The molecule has 2 rings (SSSR count). The van der Waals surface area contributed by atoms with Crippen molar-refractivity contribution >= 4 is 11.6 Å². The number of anilines is 1. The SMILES string of the molecule is CCCNCc1cccc(NC(=O)C2COC(C)C2)c1. The Balaban J connectivity index is 1.88. The maximum Gasteiger partial charge on any atom is 0.229 e. The first kappa shape index (κ1) is 15.0. The van der Waals surface area contributed by atoms with E-state index in [0.717, 1.165) is 31.6 Å². The van der Waals surface area contributed by atoms with Gasteiger partial charge in [0.05, 0.1) is 18.6 Å². The summed E-state index contributed by atoms with van der Waals surface area (Å²) in [5, 5.41) is 6.35. The highest BCUT2D eigenvalue weighted by atomic mass is 16.5. The van der Waals surface area contributed by atoms with Gasteiger partial charge in [-0.15, -0.1) is 0 Å². The second kappa shape index (κ2) is 7.41. The molecule has 0 aromatic heterocycles. The van der Waals surface area contributed by atoms with E-state index in [2.05, 4.69) is 23.6 Å². The van der Waals surface area contributed by atoms with Gasteiger partial charge in [-0.05, 0) is 44.0 Å². The van der Waals surface area contributed by atoms with Crippen LogP contribution < -0.4 is 10.6 Å². The van der Waals surface area contributed by atoms with Crippen LogP contribution in [0.25, 0.3) is 0 Å². The zero-order chi connectivity index (χ0) is 14.4. The average molecular weight is 276 g/mol. The van der Waals surface area contributed by atoms with E-state index in [1.54, 1.807) is 0 Å². The van der Waals surface area contributed by atoms with E-state index in [-0.39, 0.29) is 17.9 Å². The molecule has 1 aromatic carbocycles. The van der Waals surface area contributed by atoms with Crippen LogP contribution in [0.2, 0.25) is 0 Å². The quantitative estimate of drug-likeness (QED) is 0.785. The summed E-state index contributed by atoms with van der Waals surface area (Å²) in [5.74, 6) is 0.0416. The van der Waals surface area contributed by atoms with Gasteiger partial charge in [-0.3, -0.25) is 4.79 Å². The molecule has 20 heavy (non-hydrogen) atoms. The number of rotatable bonds is 6. The van der Waals surface area contributed by atoms with Crippen molar-refractivity contribution in [3.05, 3.63) is 29.8 Å². The first-order chi connectivity index (χ1) is 9.69. The van der Waals surface area contributed by atoms with Crippen molar-refractivity contribution in [3.8, 4) is 0 Å². The molecule has 4 heteroatoms. The lowest BCUT2D eigenvalue weighted by atomic mass is 10.1. The van der Waals surface area contributed by atoms with E-state index >= 15 is 0 Å². The maximum atomic E-state index is 12.1. The molecule has 1 saturated heterocycles. The van der Waals surface area contributed by atoms with Crippen LogP contribution >= 0.6 is 0 Å². The Kier molecular flexibility index (Phi) is 5.56. The van der Waals surface area contributed by atoms with E-state index in [0.29, 0.717) is 6.61 Å². The molecular formula is C16H24N2O2. The molecule has 1 aliphatic rings. The van der Waals surface area contributed by atoms with Crippen molar-refractivity contribution < 1.29 is 9.53 Å². The largest absolute Gasteiger partial charge is 0.378 e. The lowest BCUT2D eigenvalue weighted by molar-refractivity contribution is -0.119. The molecule has 0 spiro atoms. The van der Waals surface area contributed by atoms with Gasteiger partial charge < -0.3 is 15.4 Å². The minimum atomic E-state index is -0.0214. The lowest BCUT2D eigenvalue weighted by Gasteiger charge is -2.11. The normalized spacial score (nSPS) is 21.9. The monoisotopic (exact) mass is 276 g/mol. The molecule has 2 atom stereocenters. The number of hydrogen-bond acceptors (Lipinski definition) is 3. The number of carbonyl (C=O) groups excluding carboxylic acids is 1. The van der Waals surface area contributed by atoms with E-state index in [4.69, 9.17) is 4.74 Å². The molecule has 4 nitrogen and oxygen atoms in total. The Hall–Kier alpha value is -1.39. The van der Waals surface area contributed by atoms with Gasteiger partial charge in [0.15, 0.2) is 0 Å². The molecule has 1 heterocycles. The van der Waals surface area contributed by atoms with Crippen LogP contribution in [-0.4, -0.2) is 25.2 Å². The van der Waals surface area contributed by atoms with Gasteiger partial charge in [0, 0.05) is 12.2 Å². The summed E-state index contributed by atoms with van der Waals surface area (Å²) in [6.45, 7) is 6.53. The van der Waals surface area contributed by atoms with E-state index < -0.39 is 0 Å². The Morgan fingerprint density at radius 1 is 1.45 bits per heavy atom. The third-order valence-electron chi connectivity index (χ3n) is 3.52. The zero-order valence-electron chi connectivity index (χ0n) is 12.3. The average Bonchev–Trinajstić information content (AvgIpc) is 2.86. The van der Waals surface area contributed by atoms with Crippen molar-refractivity contribution in [2.24, 2.45) is 5.92 Å². The predicted molar refractivity (Wildman–Crippen MR) is 80.6 cm³/mol. The van der Waals surface area contributed by atoms with Crippen molar-refractivity contribution in [1.82, 2.24) is 5.32 Å². The number of nitrogens with one attached hydrogen (secondary N) is 2. The molecule has 1 aliphatic heterocycles. The molecule has 1 amide bonds. The third-order valence-corrected chi connectivity index (χ3v) is 3.52. The minimum absolute atomic E-state index is 0.0214. The first-order valence-corrected chi connectivity index (χ1v) is 7.41. The van der Waals surface area contributed by atoms with Crippen LogP contribution in [0.4, 0.5) is 5.69 Å². The topological polar surface area (TPSA) is 50.4 Å². The predicted octanol–water partition coefficient (Wildman–Crippen LogP) is 2.55. The molecule has 0 radical (unpaired) electrons. The summed E-state index contributed by atoms with van der Waals surface area (Å²) in [5.41, 5.74) is 2.05. The summed E-state index contributed by atoms with van der Waals surface area (Å²) >= 11 is 0. The van der Waals surface area contributed by atoms with Gasteiger partial charge in [0.25, 0.3) is 0 Å². The number of amides is 1. The Bertz CT molecular complexity index is 448. The van der Waals surface area contributed by atoms with Gasteiger partial charge >= 0.3 is 0 Å². The first-order valence-electron chi connectivity index (χ1n) is 7.41. The van der Waals surface area contributed by atoms with Gasteiger partial charge in [-0.2, -0.15) is 0 Å². The molecule has 0 aliphatic carbocycles. The zero-order valence-corrected chi connectivity index (χ0v) is 12.3. The number of hydrogen-bond donors (Lipinski definition) is 2. The Labute approximate surface area is 120 Å². The summed E-state index contributed by atoms with van der Waals surface area (Å²) < 4.78 is 5.44. The summed E-state index contributed by atoms with van der Waals surface area (Å²) in [7, 11) is 0. The van der Waals surface area contributed by atoms with Crippen LogP contribution in [-0.2, 0) is 16.1 Å². The van der Waals surface area contributed by atoms with Crippen LogP contribution in [0.1, 0.15) is 32.3 Å². The number of carbonyl (C=O) groups is 1. The summed E-state index contributed by atoms with van der Waals surface area (Å²) in [6.07, 6.45) is 2.12. The van der Waals surface area contributed by atoms with Gasteiger partial charge in [-0.25, -0.2) is 0 Å². The van der Waals surface area contributed by atoms with Crippen molar-refractivity contribution in [2.45, 2.75) is 39.3 Å². The van der Waals surface area contributed by atoms with Gasteiger partial charge in [0.2, 0.25) is 5.91 Å². The number of ether oxygens (including phenoxy) is 1. The fraction of sp³-hybridized carbons (Fsp3) is 0.562. The molecule has 1 fully saturated rings. The number of benzene rings is 1. The van der Waals surface area contributed by atoms with E-state index in [9.17, 15) is 4.79 Å². The Morgan fingerprint density at radius 2 is 2.30 bits per heavy atom. The Morgan fingerprint density at radius 3 is 3.00 bits per heavy atom. The highest BCUT2D eigenvalue weighted by molar-refractivity contribution is 5.92. The van der Waals surface area contributed by atoms with Gasteiger partial charge in [0.1, 0.15) is 0 Å². The fourth-order valence-corrected chi connectivity index (χ4v) is 2.41. The molecule has 0 bridgehead atoms. The van der Waals surface area contributed by atoms with Crippen LogP contribution in [0.5, 0.6) is 0 Å². The molecular weight excluding hydrogens is 252 g/mol. The van der Waals surface area contributed by atoms with E-state index in [1.807, 2.05) is 25.1 Å². The maximum absolute atomic E-state index is 12.1. The van der Waals surface area contributed by atoms with Crippen LogP contribution in [0.15, 0.2) is 24.3 Å². The molecule has 2 N–H and O–H groups in total. The second-order valence-corrected chi connectivity index (χ2v) is 5.44.